The van der Waals surface area contributed by atoms with Crippen molar-refractivity contribution in [1.82, 2.24) is 24.0 Å². The van der Waals surface area contributed by atoms with Crippen LogP contribution in [0.5, 0.6) is 0 Å². The maximum Gasteiger partial charge on any atom is 0.332 e. The summed E-state index contributed by atoms with van der Waals surface area (Å²) < 4.78 is 17.9. The molecule has 4 aromatic rings. The Morgan fingerprint density at radius 2 is 1.60 bits per heavy atom. The fourth-order valence-corrected chi connectivity index (χ4v) is 5.18. The van der Waals surface area contributed by atoms with Crippen LogP contribution in [0.25, 0.3) is 11.2 Å². The lowest BCUT2D eigenvalue weighted by atomic mass is 10.1. The molecule has 2 aromatic heterocycles. The number of anilines is 1. The van der Waals surface area contributed by atoms with Crippen LogP contribution in [-0.2, 0) is 32.5 Å². The number of nitrogen functional groups attached to an aromatic ring is 1. The number of aryl methyl sites for hydroxylation is 2. The van der Waals surface area contributed by atoms with E-state index < -0.39 is 17.9 Å². The average Bonchev–Trinajstić information content (AvgIpc) is 3.30. The summed E-state index contributed by atoms with van der Waals surface area (Å²) in [7, 11) is 0. The lowest BCUT2D eigenvalue weighted by molar-refractivity contribution is 0.431. The van der Waals surface area contributed by atoms with E-state index in [1.54, 1.807) is 4.57 Å². The van der Waals surface area contributed by atoms with Crippen molar-refractivity contribution in [3.63, 3.8) is 0 Å². The number of nitrogens with zero attached hydrogens (tertiary/aromatic N) is 4. The number of alkyl halides is 1. The predicted molar refractivity (Wildman–Crippen MR) is 160 cm³/mol. The molecule has 2 aromatic carbocycles. The van der Waals surface area contributed by atoms with Gasteiger partial charge in [0.1, 0.15) is 5.82 Å². The third-order valence-electron chi connectivity index (χ3n) is 7.22. The van der Waals surface area contributed by atoms with Crippen LogP contribution in [0, 0.1) is 0 Å². The number of nitrogens with one attached hydrogen (secondary N) is 1. The van der Waals surface area contributed by atoms with E-state index in [1.807, 2.05) is 60.0 Å². The summed E-state index contributed by atoms with van der Waals surface area (Å²) in [6.45, 7) is 3.98. The molecule has 9 heteroatoms. The highest BCUT2D eigenvalue weighted by molar-refractivity contribution is 5.71. The highest BCUT2D eigenvalue weighted by Gasteiger charge is 2.21. The minimum atomic E-state index is -0.587. The molecule has 4 rings (SSSR count). The lowest BCUT2D eigenvalue weighted by Crippen LogP contribution is -2.41. The van der Waals surface area contributed by atoms with Crippen LogP contribution in [0.3, 0.4) is 0 Å². The monoisotopic (exact) mass is 548 g/mol. The van der Waals surface area contributed by atoms with Gasteiger partial charge >= 0.3 is 5.69 Å². The largest absolute Gasteiger partial charge is 0.399 e. The van der Waals surface area contributed by atoms with Gasteiger partial charge in [-0.3, -0.25) is 18.3 Å². The van der Waals surface area contributed by atoms with Crippen molar-refractivity contribution in [2.24, 2.45) is 0 Å². The minimum absolute atomic E-state index is 0.0523. The lowest BCUT2D eigenvalue weighted by Gasteiger charge is -2.13. The van der Waals surface area contributed by atoms with E-state index in [0.29, 0.717) is 37.2 Å². The zero-order valence-corrected chi connectivity index (χ0v) is 23.4. The van der Waals surface area contributed by atoms with Crippen LogP contribution >= 0.6 is 0 Å². The predicted octanol–water partition coefficient (Wildman–Crippen LogP) is 4.30. The molecular formula is C31H41FN6O2. The zero-order chi connectivity index (χ0) is 28.3. The zero-order valence-electron chi connectivity index (χ0n) is 23.4. The first-order chi connectivity index (χ1) is 19.5. The van der Waals surface area contributed by atoms with Gasteiger partial charge in [-0.1, -0.05) is 62.2 Å². The van der Waals surface area contributed by atoms with Crippen molar-refractivity contribution in [2.75, 3.05) is 25.5 Å². The number of fused-ring (bicyclic) bond motifs is 1. The molecule has 0 amide bonds. The van der Waals surface area contributed by atoms with Crippen molar-refractivity contribution in [2.45, 2.75) is 71.5 Å². The highest BCUT2D eigenvalue weighted by atomic mass is 19.1. The number of likely N-dealkylation sites (N-methyl/N-ethyl adjacent to an activating group) is 1. The number of nitrogens with two attached hydrogens (primary N) is 1. The van der Waals surface area contributed by atoms with Crippen molar-refractivity contribution in [3.05, 3.63) is 92.4 Å². The maximum absolute atomic E-state index is 13.6. The van der Waals surface area contributed by atoms with Crippen molar-refractivity contribution in [3.8, 4) is 0 Å². The van der Waals surface area contributed by atoms with Gasteiger partial charge in [0, 0.05) is 38.3 Å². The summed E-state index contributed by atoms with van der Waals surface area (Å²) in [4.78, 5) is 32.0. The molecule has 2 heterocycles. The summed E-state index contributed by atoms with van der Waals surface area (Å²) >= 11 is 0. The maximum atomic E-state index is 13.6. The van der Waals surface area contributed by atoms with Gasteiger partial charge in [0.05, 0.1) is 6.67 Å². The second kappa shape index (κ2) is 14.6. The molecule has 0 atom stereocenters. The van der Waals surface area contributed by atoms with Crippen LogP contribution in [-0.4, -0.2) is 38.4 Å². The quantitative estimate of drug-likeness (QED) is 0.161. The van der Waals surface area contributed by atoms with Crippen molar-refractivity contribution < 1.29 is 4.39 Å². The van der Waals surface area contributed by atoms with Gasteiger partial charge in [-0.25, -0.2) is 9.78 Å². The summed E-state index contributed by atoms with van der Waals surface area (Å²) in [5.74, 6) is 0.745. The molecule has 0 aliphatic rings. The van der Waals surface area contributed by atoms with Gasteiger partial charge in [0.15, 0.2) is 11.2 Å². The number of hydrogen-bond acceptors (Lipinski definition) is 5. The number of hydrogen-bond donors (Lipinski definition) is 2. The first-order valence-electron chi connectivity index (χ1n) is 14.4. The van der Waals surface area contributed by atoms with E-state index in [0.717, 1.165) is 55.7 Å². The Labute approximate surface area is 234 Å². The Balaban J connectivity index is 1.61. The molecular weight excluding hydrogens is 507 g/mol. The third kappa shape index (κ3) is 7.27. The number of unbranched alkanes of at least 4 members (excludes halogenated alkanes) is 3. The second-order valence-electron chi connectivity index (χ2n) is 10.2. The summed E-state index contributed by atoms with van der Waals surface area (Å²) in [6.07, 6.45) is 5.40. The van der Waals surface area contributed by atoms with Crippen molar-refractivity contribution >= 4 is 16.9 Å². The van der Waals surface area contributed by atoms with Crippen LogP contribution in [0.15, 0.2) is 64.2 Å². The SMILES string of the molecule is CCNCCn1c(Cc2ccccc2)nc2c1c(=O)n(CCCF)c(=O)n2CCCCCCc1cccc(N)c1. The minimum Gasteiger partial charge on any atom is -0.399 e. The Morgan fingerprint density at radius 3 is 2.35 bits per heavy atom. The summed E-state index contributed by atoms with van der Waals surface area (Å²) in [5, 5.41) is 3.32. The molecule has 0 aliphatic carbocycles. The molecule has 0 saturated heterocycles. The Hall–Kier alpha value is -3.72. The Kier molecular flexibility index (Phi) is 10.7. The standard InChI is InChI=1S/C31H41FN6O2/c1-2-34-18-21-36-27(23-25-13-7-5-8-14-25)35-29-28(36)30(39)38(20-11-17-32)31(40)37(29)19-9-4-3-6-12-24-15-10-16-26(33)22-24/h5,7-8,10,13-16,22,34H,2-4,6,9,11-12,17-21,23,33H2,1H3. The van der Waals surface area contributed by atoms with Crippen LogP contribution in [0.4, 0.5) is 10.1 Å². The van der Waals surface area contributed by atoms with Crippen LogP contribution < -0.4 is 22.3 Å². The fourth-order valence-electron chi connectivity index (χ4n) is 5.18. The Morgan fingerprint density at radius 1 is 0.850 bits per heavy atom. The van der Waals surface area contributed by atoms with Crippen molar-refractivity contribution in [1.29, 1.82) is 0 Å². The number of imidazole rings is 1. The van der Waals surface area contributed by atoms with E-state index in [2.05, 4.69) is 11.4 Å². The van der Waals surface area contributed by atoms with Gasteiger partial charge in [-0.05, 0) is 55.5 Å². The van der Waals surface area contributed by atoms with E-state index in [-0.39, 0.29) is 13.0 Å². The van der Waals surface area contributed by atoms with Gasteiger partial charge in [-0.2, -0.15) is 0 Å². The normalized spacial score (nSPS) is 11.4. The van der Waals surface area contributed by atoms with Gasteiger partial charge in [0.25, 0.3) is 5.56 Å². The molecule has 214 valence electrons. The second-order valence-corrected chi connectivity index (χ2v) is 10.2. The Bertz CT molecular complexity index is 1490. The van der Waals surface area contributed by atoms with E-state index in [1.165, 1.54) is 10.1 Å². The van der Waals surface area contributed by atoms with E-state index in [9.17, 15) is 14.0 Å². The molecule has 40 heavy (non-hydrogen) atoms. The third-order valence-corrected chi connectivity index (χ3v) is 7.22. The van der Waals surface area contributed by atoms with Gasteiger partial charge < -0.3 is 15.6 Å². The number of aromatic nitrogens is 4. The number of halogens is 1. The summed E-state index contributed by atoms with van der Waals surface area (Å²) in [6, 6.07) is 18.0. The molecule has 3 N–H and O–H groups in total. The first-order valence-corrected chi connectivity index (χ1v) is 14.4. The topological polar surface area (TPSA) is 99.9 Å². The average molecular weight is 549 g/mol. The molecule has 0 aliphatic heterocycles. The van der Waals surface area contributed by atoms with Gasteiger partial charge in [0.2, 0.25) is 0 Å². The molecule has 0 bridgehead atoms. The number of benzene rings is 2. The molecule has 8 nitrogen and oxygen atoms in total. The highest BCUT2D eigenvalue weighted by Crippen LogP contribution is 2.17. The van der Waals surface area contributed by atoms with Gasteiger partial charge in [-0.15, -0.1) is 0 Å². The molecule has 0 radical (unpaired) electrons. The fraction of sp³-hybridized carbons (Fsp3) is 0.452. The summed E-state index contributed by atoms with van der Waals surface area (Å²) in [5.41, 5.74) is 9.02. The smallest absolute Gasteiger partial charge is 0.332 e. The van der Waals surface area contributed by atoms with E-state index >= 15 is 0 Å². The first kappa shape index (κ1) is 29.3. The number of rotatable bonds is 16. The van der Waals surface area contributed by atoms with E-state index in [4.69, 9.17) is 10.7 Å². The van der Waals surface area contributed by atoms with Crippen LogP contribution in [0.1, 0.15) is 56.0 Å². The van der Waals surface area contributed by atoms with Crippen LogP contribution in [0.2, 0.25) is 0 Å². The molecule has 0 saturated carbocycles. The molecule has 0 spiro atoms. The molecule has 0 unspecified atom stereocenters. The molecule has 0 fully saturated rings.